The zero-order chi connectivity index (χ0) is 13.8. The summed E-state index contributed by atoms with van der Waals surface area (Å²) in [5.41, 5.74) is 5.21. The van der Waals surface area contributed by atoms with Crippen LogP contribution in [0.4, 0.5) is 0 Å². The van der Waals surface area contributed by atoms with E-state index in [2.05, 4.69) is 5.32 Å². The Hall–Kier alpha value is -0.700. The minimum Gasteiger partial charge on any atom is -0.378 e. The van der Waals surface area contributed by atoms with E-state index in [1.807, 2.05) is 13.8 Å². The normalized spacial score (nSPS) is 22.3. The minimum atomic E-state index is -3.51. The van der Waals surface area contributed by atoms with E-state index in [0.717, 1.165) is 0 Å². The molecule has 0 aromatic heterocycles. The maximum atomic E-state index is 12.1. The molecule has 0 aromatic carbocycles. The lowest BCUT2D eigenvalue weighted by atomic mass is 10.2. The van der Waals surface area contributed by atoms with Gasteiger partial charge in [0, 0.05) is 19.6 Å². The predicted octanol–water partition coefficient (Wildman–Crippen LogP) is -1.50. The zero-order valence-electron chi connectivity index (χ0n) is 10.8. The topological polar surface area (TPSA) is 102 Å². The lowest BCUT2D eigenvalue weighted by Gasteiger charge is -2.33. The standard InChI is InChI=1S/C10H21N3O4S/c1-8(2)17-5-6-18(15,16)13-4-3-12-7-9(13)10(11)14/h8-9,12H,3-7H2,1-2H3,(H2,11,14). The summed E-state index contributed by atoms with van der Waals surface area (Å²) in [6.45, 7) is 4.84. The summed E-state index contributed by atoms with van der Waals surface area (Å²) in [6, 6.07) is -0.803. The number of hydrogen-bond acceptors (Lipinski definition) is 5. The predicted molar refractivity (Wildman–Crippen MR) is 67.4 cm³/mol. The van der Waals surface area contributed by atoms with Gasteiger partial charge in [0.2, 0.25) is 15.9 Å². The number of nitrogens with one attached hydrogen (secondary N) is 1. The summed E-state index contributed by atoms with van der Waals surface area (Å²) in [4.78, 5) is 11.2. The number of nitrogens with zero attached hydrogens (tertiary/aromatic N) is 1. The third kappa shape index (κ3) is 4.20. The smallest absolute Gasteiger partial charge is 0.237 e. The number of sulfonamides is 1. The number of primary amides is 1. The molecule has 0 saturated carbocycles. The highest BCUT2D eigenvalue weighted by atomic mass is 32.2. The first kappa shape index (κ1) is 15.4. The molecule has 0 aromatic rings. The molecule has 18 heavy (non-hydrogen) atoms. The molecule has 0 aliphatic carbocycles. The van der Waals surface area contributed by atoms with Crippen LogP contribution in [-0.4, -0.2) is 62.8 Å². The van der Waals surface area contributed by atoms with Gasteiger partial charge in [0.25, 0.3) is 0 Å². The molecular weight excluding hydrogens is 258 g/mol. The monoisotopic (exact) mass is 279 g/mol. The second-order valence-corrected chi connectivity index (χ2v) is 6.51. The highest BCUT2D eigenvalue weighted by Gasteiger charge is 2.35. The largest absolute Gasteiger partial charge is 0.378 e. The number of hydrogen-bond donors (Lipinski definition) is 2. The zero-order valence-corrected chi connectivity index (χ0v) is 11.6. The van der Waals surface area contributed by atoms with E-state index in [0.29, 0.717) is 6.54 Å². The van der Waals surface area contributed by atoms with Crippen LogP contribution in [0, 0.1) is 0 Å². The number of nitrogens with two attached hydrogens (primary N) is 1. The van der Waals surface area contributed by atoms with Gasteiger partial charge in [-0.15, -0.1) is 0 Å². The average Bonchev–Trinajstić information content (AvgIpc) is 2.28. The Morgan fingerprint density at radius 3 is 2.78 bits per heavy atom. The molecule has 1 rings (SSSR count). The second kappa shape index (κ2) is 6.46. The summed E-state index contributed by atoms with van der Waals surface area (Å²) in [6.07, 6.45) is -0.0184. The first-order valence-corrected chi connectivity index (χ1v) is 7.56. The Morgan fingerprint density at radius 2 is 2.22 bits per heavy atom. The molecular formula is C10H21N3O4S. The van der Waals surface area contributed by atoms with Gasteiger partial charge in [-0.05, 0) is 13.8 Å². The number of rotatable bonds is 6. The van der Waals surface area contributed by atoms with Crippen LogP contribution in [0.15, 0.2) is 0 Å². The van der Waals surface area contributed by atoms with Gasteiger partial charge in [-0.3, -0.25) is 4.79 Å². The van der Waals surface area contributed by atoms with Crippen LogP contribution in [0.5, 0.6) is 0 Å². The van der Waals surface area contributed by atoms with E-state index in [1.54, 1.807) is 0 Å². The fraction of sp³-hybridized carbons (Fsp3) is 0.900. The van der Waals surface area contributed by atoms with Crippen LogP contribution in [0.2, 0.25) is 0 Å². The number of ether oxygens (including phenoxy) is 1. The van der Waals surface area contributed by atoms with Crippen molar-refractivity contribution in [1.29, 1.82) is 0 Å². The Morgan fingerprint density at radius 1 is 1.56 bits per heavy atom. The van der Waals surface area contributed by atoms with Gasteiger partial charge in [-0.1, -0.05) is 0 Å². The first-order chi connectivity index (χ1) is 8.34. The van der Waals surface area contributed by atoms with Crippen LogP contribution >= 0.6 is 0 Å². The van der Waals surface area contributed by atoms with Crippen molar-refractivity contribution in [1.82, 2.24) is 9.62 Å². The Kier molecular flexibility index (Phi) is 5.51. The van der Waals surface area contributed by atoms with Crippen molar-refractivity contribution in [2.75, 3.05) is 32.0 Å². The lowest BCUT2D eigenvalue weighted by Crippen LogP contribution is -2.59. The van der Waals surface area contributed by atoms with Gasteiger partial charge in [-0.2, -0.15) is 4.31 Å². The third-order valence-electron chi connectivity index (χ3n) is 2.67. The van der Waals surface area contributed by atoms with Gasteiger partial charge < -0.3 is 15.8 Å². The van der Waals surface area contributed by atoms with Crippen LogP contribution in [0.1, 0.15) is 13.8 Å². The molecule has 3 N–H and O–H groups in total. The molecule has 8 heteroatoms. The van der Waals surface area contributed by atoms with Crippen molar-refractivity contribution in [3.05, 3.63) is 0 Å². The second-order valence-electron chi connectivity index (χ2n) is 4.47. The maximum absolute atomic E-state index is 12.1. The molecule has 0 radical (unpaired) electrons. The van der Waals surface area contributed by atoms with Crippen LogP contribution in [0.3, 0.4) is 0 Å². The van der Waals surface area contributed by atoms with Crippen LogP contribution < -0.4 is 11.1 Å². The van der Waals surface area contributed by atoms with E-state index in [-0.39, 0.29) is 31.6 Å². The van der Waals surface area contributed by atoms with Crippen LogP contribution in [0.25, 0.3) is 0 Å². The summed E-state index contributed by atoms with van der Waals surface area (Å²) in [5, 5.41) is 2.95. The van der Waals surface area contributed by atoms with Crippen molar-refractivity contribution in [2.45, 2.75) is 26.0 Å². The van der Waals surface area contributed by atoms with Gasteiger partial charge >= 0.3 is 0 Å². The van der Waals surface area contributed by atoms with Gasteiger partial charge in [0.15, 0.2) is 0 Å². The first-order valence-electron chi connectivity index (χ1n) is 5.95. The summed E-state index contributed by atoms with van der Waals surface area (Å²) >= 11 is 0. The number of amides is 1. The molecule has 1 aliphatic rings. The number of carbonyl (C=O) groups excluding carboxylic acids is 1. The van der Waals surface area contributed by atoms with Gasteiger partial charge in [-0.25, -0.2) is 8.42 Å². The maximum Gasteiger partial charge on any atom is 0.237 e. The highest BCUT2D eigenvalue weighted by molar-refractivity contribution is 7.89. The van der Waals surface area contributed by atoms with E-state index in [9.17, 15) is 13.2 Å². The number of carbonyl (C=O) groups is 1. The van der Waals surface area contributed by atoms with Crippen molar-refractivity contribution in [3.8, 4) is 0 Å². The van der Waals surface area contributed by atoms with E-state index < -0.39 is 22.0 Å². The Labute approximate surface area is 108 Å². The summed E-state index contributed by atoms with van der Waals surface area (Å²) in [7, 11) is -3.51. The third-order valence-corrected chi connectivity index (χ3v) is 4.51. The molecule has 1 amide bonds. The van der Waals surface area contributed by atoms with Gasteiger partial charge in [0.1, 0.15) is 6.04 Å². The molecule has 0 bridgehead atoms. The average molecular weight is 279 g/mol. The quantitative estimate of drug-likeness (QED) is 0.616. The number of piperazine rings is 1. The van der Waals surface area contributed by atoms with E-state index >= 15 is 0 Å². The molecule has 1 fully saturated rings. The molecule has 1 atom stereocenters. The molecule has 106 valence electrons. The minimum absolute atomic E-state index is 0.0184. The molecule has 1 aliphatic heterocycles. The fourth-order valence-electron chi connectivity index (χ4n) is 1.77. The highest BCUT2D eigenvalue weighted by Crippen LogP contribution is 2.10. The molecule has 0 spiro atoms. The van der Waals surface area contributed by atoms with Crippen molar-refractivity contribution >= 4 is 15.9 Å². The summed E-state index contributed by atoms with van der Waals surface area (Å²) < 4.78 is 30.6. The molecule has 1 saturated heterocycles. The van der Waals surface area contributed by atoms with E-state index in [4.69, 9.17) is 10.5 Å². The van der Waals surface area contributed by atoms with Crippen molar-refractivity contribution < 1.29 is 17.9 Å². The molecule has 1 unspecified atom stereocenters. The van der Waals surface area contributed by atoms with Gasteiger partial charge in [0.05, 0.1) is 18.5 Å². The Balaban J connectivity index is 2.66. The van der Waals surface area contributed by atoms with E-state index in [1.165, 1.54) is 4.31 Å². The summed E-state index contributed by atoms with van der Waals surface area (Å²) in [5.74, 6) is -0.759. The Bertz CT molecular complexity index is 383. The van der Waals surface area contributed by atoms with Crippen molar-refractivity contribution in [3.63, 3.8) is 0 Å². The van der Waals surface area contributed by atoms with Crippen molar-refractivity contribution in [2.24, 2.45) is 5.73 Å². The SMILES string of the molecule is CC(C)OCCS(=O)(=O)N1CCNCC1C(N)=O. The molecule has 7 nitrogen and oxygen atoms in total. The molecule has 1 heterocycles. The fourth-order valence-corrected chi connectivity index (χ4v) is 3.24. The van der Waals surface area contributed by atoms with Crippen LogP contribution in [-0.2, 0) is 19.6 Å². The lowest BCUT2D eigenvalue weighted by molar-refractivity contribution is -0.122.